The third kappa shape index (κ3) is 3.05. The lowest BCUT2D eigenvalue weighted by atomic mass is 9.76. The van der Waals surface area contributed by atoms with E-state index in [4.69, 9.17) is 5.73 Å². The molecule has 21 heavy (non-hydrogen) atoms. The molecule has 1 unspecified atom stereocenters. The fraction of sp³-hybridized carbons (Fsp3) is 0.467. The lowest BCUT2D eigenvalue weighted by Crippen LogP contribution is -2.54. The van der Waals surface area contributed by atoms with Crippen molar-refractivity contribution in [3.05, 3.63) is 28.2 Å². The molecule has 0 saturated carbocycles. The van der Waals surface area contributed by atoms with E-state index >= 15 is 0 Å². The van der Waals surface area contributed by atoms with Crippen LogP contribution in [0.3, 0.4) is 0 Å². The standard InChI is InChI=1S/C15H19BrN2O3/c1-15(2)6-3-7-18(12(15)14(20)21)11-8-9(16)4-5-10(11)13(17)19/h4-5,8,12H,3,6-7H2,1-2H3,(H2,17,19)(H,20,21). The normalized spacial score (nSPS) is 21.1. The monoisotopic (exact) mass is 354 g/mol. The Kier molecular flexibility index (Phi) is 4.27. The number of nitrogens with two attached hydrogens (primary N) is 1. The quantitative estimate of drug-likeness (QED) is 0.873. The minimum absolute atomic E-state index is 0.349. The van der Waals surface area contributed by atoms with Crippen molar-refractivity contribution >= 4 is 33.5 Å². The fourth-order valence-corrected chi connectivity index (χ4v) is 3.42. The average molecular weight is 355 g/mol. The summed E-state index contributed by atoms with van der Waals surface area (Å²) < 4.78 is 0.787. The second kappa shape index (κ2) is 5.67. The van der Waals surface area contributed by atoms with Crippen molar-refractivity contribution < 1.29 is 14.7 Å². The first-order chi connectivity index (χ1) is 9.74. The van der Waals surface area contributed by atoms with Gasteiger partial charge in [0, 0.05) is 11.0 Å². The van der Waals surface area contributed by atoms with E-state index in [1.807, 2.05) is 13.8 Å². The van der Waals surface area contributed by atoms with Crippen molar-refractivity contribution in [2.45, 2.75) is 32.7 Å². The molecule has 1 aromatic carbocycles. The van der Waals surface area contributed by atoms with Gasteiger partial charge in [-0.25, -0.2) is 4.79 Å². The Morgan fingerprint density at radius 3 is 2.67 bits per heavy atom. The third-order valence-electron chi connectivity index (χ3n) is 4.04. The number of rotatable bonds is 3. The molecule has 0 spiro atoms. The second-order valence-electron chi connectivity index (χ2n) is 6.05. The van der Waals surface area contributed by atoms with Gasteiger partial charge in [0.1, 0.15) is 6.04 Å². The van der Waals surface area contributed by atoms with Crippen molar-refractivity contribution in [3.63, 3.8) is 0 Å². The molecule has 2 rings (SSSR count). The number of benzene rings is 1. The molecule has 0 radical (unpaired) electrons. The summed E-state index contributed by atoms with van der Waals surface area (Å²) >= 11 is 3.37. The summed E-state index contributed by atoms with van der Waals surface area (Å²) in [5, 5.41) is 9.63. The summed E-state index contributed by atoms with van der Waals surface area (Å²) in [4.78, 5) is 25.2. The Labute approximate surface area is 132 Å². The predicted octanol–water partition coefficient (Wildman–Crippen LogP) is 2.63. The third-order valence-corrected chi connectivity index (χ3v) is 4.53. The van der Waals surface area contributed by atoms with Crippen LogP contribution in [0.4, 0.5) is 5.69 Å². The highest BCUT2D eigenvalue weighted by molar-refractivity contribution is 9.10. The second-order valence-corrected chi connectivity index (χ2v) is 6.97. The summed E-state index contributed by atoms with van der Waals surface area (Å²) in [6.07, 6.45) is 1.71. The van der Waals surface area contributed by atoms with Gasteiger partial charge in [0.05, 0.1) is 11.3 Å². The number of amides is 1. The van der Waals surface area contributed by atoms with Crippen LogP contribution in [0.5, 0.6) is 0 Å². The zero-order chi connectivity index (χ0) is 15.8. The van der Waals surface area contributed by atoms with Crippen LogP contribution < -0.4 is 10.6 Å². The summed E-state index contributed by atoms with van der Waals surface area (Å²) in [5.41, 5.74) is 5.99. The lowest BCUT2D eigenvalue weighted by molar-refractivity contribution is -0.142. The van der Waals surface area contributed by atoms with Crippen molar-refractivity contribution in [1.82, 2.24) is 0 Å². The van der Waals surface area contributed by atoms with Crippen LogP contribution in [0.1, 0.15) is 37.0 Å². The summed E-state index contributed by atoms with van der Waals surface area (Å²) in [6.45, 7) is 4.48. The van der Waals surface area contributed by atoms with Gasteiger partial charge in [0.25, 0.3) is 5.91 Å². The fourth-order valence-electron chi connectivity index (χ4n) is 3.07. The molecule has 0 aromatic heterocycles. The van der Waals surface area contributed by atoms with E-state index in [9.17, 15) is 14.7 Å². The molecule has 1 aromatic rings. The van der Waals surface area contributed by atoms with Crippen LogP contribution in [-0.4, -0.2) is 29.6 Å². The van der Waals surface area contributed by atoms with Crippen LogP contribution in [0, 0.1) is 5.41 Å². The van der Waals surface area contributed by atoms with Gasteiger partial charge in [-0.15, -0.1) is 0 Å². The number of carboxylic acids is 1. The van der Waals surface area contributed by atoms with Gasteiger partial charge in [-0.05, 0) is 36.5 Å². The molecule has 0 aliphatic carbocycles. The number of carbonyl (C=O) groups is 2. The molecule has 1 saturated heterocycles. The van der Waals surface area contributed by atoms with Crippen molar-refractivity contribution in [2.24, 2.45) is 11.1 Å². The molecule has 1 atom stereocenters. The van der Waals surface area contributed by atoms with E-state index in [0.29, 0.717) is 17.8 Å². The first-order valence-corrected chi connectivity index (χ1v) is 7.62. The van der Waals surface area contributed by atoms with Gasteiger partial charge in [-0.3, -0.25) is 4.79 Å². The number of hydrogen-bond donors (Lipinski definition) is 2. The van der Waals surface area contributed by atoms with E-state index < -0.39 is 17.9 Å². The zero-order valence-electron chi connectivity index (χ0n) is 12.1. The van der Waals surface area contributed by atoms with Crippen LogP contribution in [-0.2, 0) is 4.79 Å². The minimum Gasteiger partial charge on any atom is -0.480 e. The van der Waals surface area contributed by atoms with Crippen LogP contribution in [0.15, 0.2) is 22.7 Å². The summed E-state index contributed by atoms with van der Waals surface area (Å²) in [6, 6.07) is 4.44. The van der Waals surface area contributed by atoms with Crippen LogP contribution in [0.25, 0.3) is 0 Å². The summed E-state index contributed by atoms with van der Waals surface area (Å²) in [7, 11) is 0. The number of carbonyl (C=O) groups excluding carboxylic acids is 1. The molecule has 114 valence electrons. The van der Waals surface area contributed by atoms with Gasteiger partial charge in [-0.2, -0.15) is 0 Å². The number of aliphatic carboxylic acids is 1. The van der Waals surface area contributed by atoms with Gasteiger partial charge in [0.15, 0.2) is 0 Å². The first kappa shape index (κ1) is 15.8. The van der Waals surface area contributed by atoms with Crippen molar-refractivity contribution in [3.8, 4) is 0 Å². The average Bonchev–Trinajstić information content (AvgIpc) is 2.36. The molecule has 1 amide bonds. The zero-order valence-corrected chi connectivity index (χ0v) is 13.7. The number of primary amides is 1. The van der Waals surface area contributed by atoms with Gasteiger partial charge in [0.2, 0.25) is 0 Å². The van der Waals surface area contributed by atoms with E-state index in [1.54, 1.807) is 23.1 Å². The van der Waals surface area contributed by atoms with Gasteiger partial charge in [-0.1, -0.05) is 29.8 Å². The highest BCUT2D eigenvalue weighted by atomic mass is 79.9. The van der Waals surface area contributed by atoms with E-state index in [-0.39, 0.29) is 5.41 Å². The van der Waals surface area contributed by atoms with E-state index in [1.165, 1.54) is 0 Å². The Morgan fingerprint density at radius 1 is 1.43 bits per heavy atom. The largest absolute Gasteiger partial charge is 0.480 e. The number of anilines is 1. The Morgan fingerprint density at radius 2 is 2.10 bits per heavy atom. The molecule has 0 bridgehead atoms. The van der Waals surface area contributed by atoms with Crippen molar-refractivity contribution in [2.75, 3.05) is 11.4 Å². The van der Waals surface area contributed by atoms with E-state index in [2.05, 4.69) is 15.9 Å². The maximum atomic E-state index is 11.8. The Bertz CT molecular complexity index is 586. The lowest BCUT2D eigenvalue weighted by Gasteiger charge is -2.45. The number of hydrogen-bond acceptors (Lipinski definition) is 3. The molecule has 3 N–H and O–H groups in total. The number of halogens is 1. The van der Waals surface area contributed by atoms with E-state index in [0.717, 1.165) is 17.3 Å². The Hall–Kier alpha value is -1.56. The van der Waals surface area contributed by atoms with Gasteiger partial charge < -0.3 is 15.7 Å². The summed E-state index contributed by atoms with van der Waals surface area (Å²) in [5.74, 6) is -1.43. The predicted molar refractivity (Wildman–Crippen MR) is 84.4 cm³/mol. The molecule has 1 heterocycles. The topological polar surface area (TPSA) is 83.6 Å². The van der Waals surface area contributed by atoms with Crippen molar-refractivity contribution in [1.29, 1.82) is 0 Å². The molecule has 6 heteroatoms. The molecule has 1 aliphatic heterocycles. The highest BCUT2D eigenvalue weighted by Crippen LogP contribution is 2.39. The maximum Gasteiger partial charge on any atom is 0.326 e. The molecule has 1 aliphatic rings. The molecular formula is C15H19BrN2O3. The Balaban J connectivity index is 2.55. The first-order valence-electron chi connectivity index (χ1n) is 6.83. The SMILES string of the molecule is CC1(C)CCCN(c2cc(Br)ccc2C(N)=O)C1C(=O)O. The number of nitrogens with zero attached hydrogens (tertiary/aromatic N) is 1. The smallest absolute Gasteiger partial charge is 0.326 e. The molecule has 1 fully saturated rings. The minimum atomic E-state index is -0.880. The highest BCUT2D eigenvalue weighted by Gasteiger charge is 2.43. The number of piperidine rings is 1. The van der Waals surface area contributed by atoms with Crippen LogP contribution >= 0.6 is 15.9 Å². The van der Waals surface area contributed by atoms with Gasteiger partial charge >= 0.3 is 5.97 Å². The molecule has 5 nitrogen and oxygen atoms in total. The molecular weight excluding hydrogens is 336 g/mol. The van der Waals surface area contributed by atoms with Crippen LogP contribution in [0.2, 0.25) is 0 Å². The number of carboxylic acid groups (broad SMARTS) is 1. The maximum absolute atomic E-state index is 11.8.